The Balaban J connectivity index is 0.000000135. The van der Waals surface area contributed by atoms with Gasteiger partial charge < -0.3 is 38.4 Å². The first kappa shape index (κ1) is 103. The van der Waals surface area contributed by atoms with Crippen LogP contribution < -0.4 is 24.3 Å². The van der Waals surface area contributed by atoms with Gasteiger partial charge in [0.05, 0.1) is 87.2 Å². The van der Waals surface area contributed by atoms with Gasteiger partial charge in [-0.1, -0.05) is 164 Å². The van der Waals surface area contributed by atoms with Crippen LogP contribution in [0.1, 0.15) is 141 Å². The number of para-hydroxylation sites is 1. The van der Waals surface area contributed by atoms with Crippen molar-refractivity contribution >= 4 is 73.8 Å². The van der Waals surface area contributed by atoms with E-state index in [4.69, 9.17) is 38.3 Å². The van der Waals surface area contributed by atoms with E-state index in [1.807, 2.05) is 191 Å². The Morgan fingerprint density at radius 3 is 1.51 bits per heavy atom. The lowest BCUT2D eigenvalue weighted by Crippen LogP contribution is -2.39. The van der Waals surface area contributed by atoms with Crippen molar-refractivity contribution in [2.75, 3.05) is 26.7 Å². The summed E-state index contributed by atoms with van der Waals surface area (Å²) >= 11 is 9.94. The summed E-state index contributed by atoms with van der Waals surface area (Å²) in [5.41, 5.74) is 8.91. The predicted octanol–water partition coefficient (Wildman–Crippen LogP) is 22.8. The number of Topliss-reactive ketones (excluding diaryl/α,β-unsaturated/α-hetero) is 1. The minimum absolute atomic E-state index is 0.162. The second kappa shape index (κ2) is 54.2. The minimum atomic E-state index is -4.74. The number of carbonyl (C=O) groups is 1. The van der Waals surface area contributed by atoms with Gasteiger partial charge in [-0.05, 0) is 157 Å². The molecule has 0 radical (unpaired) electrons. The molecule has 1 atom stereocenters. The maximum absolute atomic E-state index is 13.1. The second-order valence-electron chi connectivity index (χ2n) is 33.8. The number of alkyl halides is 3. The monoisotopic (exact) mass is 2020 g/mol. The molecule has 19 rings (SSSR count). The van der Waals surface area contributed by atoms with Crippen LogP contribution >= 0.6 is 68.0 Å². The number of aromatic nitrogens is 13. The number of nitrogens with zero attached hydrogens (tertiary/aromatic N) is 15. The van der Waals surface area contributed by atoms with Crippen molar-refractivity contribution in [1.29, 1.82) is 0 Å². The van der Waals surface area contributed by atoms with Crippen LogP contribution in [0.15, 0.2) is 316 Å². The fraction of sp³-hybridized carbons (Fsp3) is 0.275. The lowest BCUT2D eigenvalue weighted by atomic mass is 9.95. The summed E-state index contributed by atoms with van der Waals surface area (Å²) < 4.78 is 85.6. The number of fused-ring (bicyclic) bond motifs is 1. The molecule has 23 nitrogen and oxygen atoms in total. The molecular formula is C109H112F4N16O7S6. The van der Waals surface area contributed by atoms with Gasteiger partial charge in [-0.2, -0.15) is 23.4 Å². The fourth-order valence-electron chi connectivity index (χ4n) is 15.3. The second-order valence-corrected chi connectivity index (χ2v) is 39.5. The van der Waals surface area contributed by atoms with Crippen LogP contribution in [0.25, 0.3) is 0 Å². The van der Waals surface area contributed by atoms with Crippen LogP contribution in [0.4, 0.5) is 17.6 Å². The molecule has 0 bridgehead atoms. The number of unbranched alkanes of at least 4 members (excludes halogenated alkanes) is 1. The quantitative estimate of drug-likeness (QED) is 0.0266. The molecule has 2 N–H and O–H groups in total. The third kappa shape index (κ3) is 34.0. The van der Waals surface area contributed by atoms with Gasteiger partial charge in [0, 0.05) is 154 Å². The molecule has 0 saturated heterocycles. The van der Waals surface area contributed by atoms with Crippen molar-refractivity contribution in [2.45, 2.75) is 168 Å². The van der Waals surface area contributed by atoms with E-state index in [0.29, 0.717) is 45.0 Å². The summed E-state index contributed by atoms with van der Waals surface area (Å²) in [5, 5.41) is 49.1. The zero-order valence-corrected chi connectivity index (χ0v) is 83.9. The number of aryl methyl sites for hydroxylation is 5. The van der Waals surface area contributed by atoms with E-state index in [-0.39, 0.29) is 23.8 Å². The fourth-order valence-corrected chi connectivity index (χ4v) is 20.0. The van der Waals surface area contributed by atoms with Gasteiger partial charge in [0.2, 0.25) is 0 Å². The number of ketones is 1. The number of thiazole rings is 6. The van der Waals surface area contributed by atoms with Crippen molar-refractivity contribution < 1.29 is 50.8 Å². The summed E-state index contributed by atoms with van der Waals surface area (Å²) in [6, 6.07) is 77.9. The zero-order chi connectivity index (χ0) is 98.2. The van der Waals surface area contributed by atoms with Gasteiger partial charge in [0.25, 0.3) is 0 Å². The van der Waals surface area contributed by atoms with Gasteiger partial charge in [-0.25, -0.2) is 34.3 Å². The number of benzene rings is 8. The maximum Gasteiger partial charge on any atom is 0.421 e. The highest BCUT2D eigenvalue weighted by atomic mass is 32.1. The molecule has 0 saturated carbocycles. The lowest BCUT2D eigenvalue weighted by Gasteiger charge is -2.26. The summed E-state index contributed by atoms with van der Waals surface area (Å²) in [4.78, 5) is 45.6. The van der Waals surface area contributed by atoms with E-state index in [0.717, 1.165) is 233 Å². The Morgan fingerprint density at radius 2 is 0.951 bits per heavy atom. The standard InChI is InChI=1S/C27H27N5S2.C26H25FN2O2S.C20H18F3NO2S.C19H23N5O2S.C17H19N3OS/c1-3-8-22(9-4-1)16-26-29-24(20-33-26)18-31(14-15-32-13-7-12-28-32)19-25-21-34-27(30-25)17-23-10-5-2-6-11-23;27-22-11-8-20(9-12-22)10-13-26-28-23(19-32-26)16-29(18-25-7-4-14-31-25)17-24(30)15-21-5-2-1-3-6-21;1-19(25,20(21,22)23)15-7-9-17(10-8-15)26-12-16-13-27-18(24-16)11-14-5-3-2-4-6-14;1-25-15-4-6-16(7-5-15)26-12-19-21-14(13-27-19)11-20-9-8-18-23-22-17-3-2-10-24(17)18;1-2-8-16(9-3-1)21-13-17-19-15(14-22-17)7-4-5-11-20-12-6-10-18-20/h1-13,20-21H,14-19H2;1-9,11-12,14,19H,10,13,15-18H2;2-10,13,25H,11-12H2,1H3;4-7,13,20H,2-3,8-12H2,1H3;1-3,6,8-10,12,14H,4-5,7,11,13H2. The van der Waals surface area contributed by atoms with Crippen molar-refractivity contribution in [3.8, 4) is 23.0 Å². The van der Waals surface area contributed by atoms with E-state index in [9.17, 15) is 27.5 Å². The molecule has 0 fully saturated rings. The van der Waals surface area contributed by atoms with Crippen LogP contribution in [-0.2, 0) is 140 Å². The highest BCUT2D eigenvalue weighted by Crippen LogP contribution is 2.39. The summed E-state index contributed by atoms with van der Waals surface area (Å²) in [7, 11) is 1.65. The van der Waals surface area contributed by atoms with Crippen molar-refractivity contribution in [1.82, 2.24) is 79.3 Å². The third-order valence-corrected chi connectivity index (χ3v) is 28.1. The van der Waals surface area contributed by atoms with Gasteiger partial charge in [0.1, 0.15) is 76.1 Å². The molecule has 33 heteroatoms. The molecule has 0 spiro atoms. The molecule has 1 unspecified atom stereocenters. The first-order chi connectivity index (χ1) is 69.4. The van der Waals surface area contributed by atoms with Gasteiger partial charge >= 0.3 is 6.18 Å². The SMILES string of the molecule is CC(O)(c1ccc(OCc2csc(Cc3ccccc3)n2)cc1)C(F)(F)F.COc1ccc(OCc2nc(CNCCc3nnc4n3CCC4)cs2)cc1.O=C(Cc1ccccc1)CN(Cc1csc(CCc2ccc(F)cc2)n1)Cc1ccco1.c1ccc(Cc2nc(CN(CCn3cccn3)Cc3csc(Cc4ccccc4)n3)cs2)cc1.c1ccc(OCc2nc(CCCCn3cccn3)cs2)cc1. The zero-order valence-electron chi connectivity index (χ0n) is 79.0. The van der Waals surface area contributed by atoms with Crippen molar-refractivity contribution in [3.63, 3.8) is 0 Å². The van der Waals surface area contributed by atoms with E-state index in [1.54, 1.807) is 70.1 Å². The molecule has 18 aromatic rings. The maximum atomic E-state index is 13.1. The van der Waals surface area contributed by atoms with Crippen LogP contribution in [0.5, 0.6) is 23.0 Å². The van der Waals surface area contributed by atoms with Crippen molar-refractivity contribution in [2.24, 2.45) is 0 Å². The number of halogens is 4. The molecule has 734 valence electrons. The Bertz CT molecular complexity index is 6550. The molecule has 0 amide bonds. The Morgan fingerprint density at radius 1 is 0.465 bits per heavy atom. The number of furan rings is 1. The third-order valence-electron chi connectivity index (χ3n) is 22.7. The highest BCUT2D eigenvalue weighted by Gasteiger charge is 2.51. The molecule has 8 aromatic carbocycles. The van der Waals surface area contributed by atoms with E-state index in [2.05, 4.69) is 143 Å². The van der Waals surface area contributed by atoms with E-state index < -0.39 is 11.8 Å². The molecular weight excluding hydrogens is 1910 g/mol. The van der Waals surface area contributed by atoms with Crippen LogP contribution in [-0.4, -0.2) is 118 Å². The molecule has 1 aliphatic heterocycles. The first-order valence-corrected chi connectivity index (χ1v) is 52.2. The number of nitrogens with one attached hydrogen (secondary N) is 1. The normalized spacial score (nSPS) is 12.0. The van der Waals surface area contributed by atoms with Crippen LogP contribution in [0.2, 0.25) is 0 Å². The summed E-state index contributed by atoms with van der Waals surface area (Å²) in [6.45, 7) is 10.4. The van der Waals surface area contributed by atoms with E-state index >= 15 is 0 Å². The molecule has 1 aliphatic rings. The number of ether oxygens (including phenoxy) is 4. The molecule has 10 aromatic heterocycles. The Hall–Kier alpha value is -13.2. The highest BCUT2D eigenvalue weighted by molar-refractivity contribution is 7.11. The predicted molar refractivity (Wildman–Crippen MR) is 552 cm³/mol. The number of hydrogen-bond acceptors (Lipinski definition) is 26. The van der Waals surface area contributed by atoms with Gasteiger partial charge in [-0.3, -0.25) is 24.0 Å². The van der Waals surface area contributed by atoms with Gasteiger partial charge in [-0.15, -0.1) is 78.2 Å². The van der Waals surface area contributed by atoms with E-state index in [1.165, 1.54) is 70.8 Å². The number of hydrogen-bond donors (Lipinski definition) is 2. The molecule has 11 heterocycles. The first-order valence-electron chi connectivity index (χ1n) is 46.9. The largest absolute Gasteiger partial charge is 0.497 e. The van der Waals surface area contributed by atoms with Gasteiger partial charge in [0.15, 0.2) is 11.4 Å². The molecule has 142 heavy (non-hydrogen) atoms. The number of methoxy groups -OCH3 is 1. The number of rotatable bonds is 45. The summed E-state index contributed by atoms with van der Waals surface area (Å²) in [6.07, 6.45) is 15.5. The van der Waals surface area contributed by atoms with Crippen LogP contribution in [0.3, 0.4) is 0 Å². The Kier molecular flexibility index (Phi) is 39.3. The minimum Gasteiger partial charge on any atom is -0.497 e. The topological polar surface area (TPSA) is 250 Å². The Labute approximate surface area is 848 Å². The van der Waals surface area contributed by atoms with Crippen molar-refractivity contribution in [3.05, 3.63) is 433 Å². The summed E-state index contributed by atoms with van der Waals surface area (Å²) in [5.74, 6) is 5.91. The molecule has 0 aliphatic carbocycles. The smallest absolute Gasteiger partial charge is 0.421 e. The average molecular weight is 2030 g/mol. The van der Waals surface area contributed by atoms with Crippen LogP contribution in [0, 0.1) is 5.82 Å². The number of carbonyl (C=O) groups excluding carboxylic acids is 1. The number of aliphatic hydroxyl groups is 1. The average Bonchev–Trinajstić information content (AvgIpc) is 1.42. The lowest BCUT2D eigenvalue weighted by molar-refractivity contribution is -0.258.